The molecule has 0 radical (unpaired) electrons. The van der Waals surface area contributed by atoms with E-state index < -0.39 is 0 Å². The summed E-state index contributed by atoms with van der Waals surface area (Å²) in [5, 5.41) is 3.37. The molecule has 0 aliphatic carbocycles. The maximum atomic E-state index is 12.6. The number of carbonyl (C=O) groups is 2. The SMILES string of the molecule is Cc1cccc2c(=O)n(CCC(=O)Nc3ccc(C(=O)N4CCCC4)cc3)cnc12. The third kappa shape index (κ3) is 4.10. The molecule has 2 amide bonds. The molecule has 0 bridgehead atoms. The lowest BCUT2D eigenvalue weighted by molar-refractivity contribution is -0.116. The number of hydrogen-bond donors (Lipinski definition) is 1. The van der Waals surface area contributed by atoms with Crippen molar-refractivity contribution in [2.24, 2.45) is 0 Å². The van der Waals surface area contributed by atoms with Crippen LogP contribution >= 0.6 is 0 Å². The van der Waals surface area contributed by atoms with Gasteiger partial charge < -0.3 is 10.2 Å². The van der Waals surface area contributed by atoms with E-state index in [-0.39, 0.29) is 30.3 Å². The van der Waals surface area contributed by atoms with Crippen LogP contribution in [-0.4, -0.2) is 39.4 Å². The molecule has 0 unspecified atom stereocenters. The van der Waals surface area contributed by atoms with Gasteiger partial charge in [-0.1, -0.05) is 12.1 Å². The Hall–Kier alpha value is -3.48. The zero-order valence-electron chi connectivity index (χ0n) is 16.9. The van der Waals surface area contributed by atoms with E-state index in [9.17, 15) is 14.4 Å². The van der Waals surface area contributed by atoms with Gasteiger partial charge in [-0.05, 0) is 55.7 Å². The van der Waals surface area contributed by atoms with Crippen molar-refractivity contribution in [3.8, 4) is 0 Å². The van der Waals surface area contributed by atoms with E-state index >= 15 is 0 Å². The smallest absolute Gasteiger partial charge is 0.261 e. The number of carbonyl (C=O) groups excluding carboxylic acids is 2. The molecule has 154 valence electrons. The molecule has 0 saturated carbocycles. The Labute approximate surface area is 174 Å². The Kier molecular flexibility index (Phi) is 5.61. The van der Waals surface area contributed by atoms with Crippen LogP contribution in [0.1, 0.15) is 35.2 Å². The first-order valence-electron chi connectivity index (χ1n) is 10.2. The summed E-state index contributed by atoms with van der Waals surface area (Å²) in [6.07, 6.45) is 3.74. The Bertz CT molecular complexity index is 1150. The number of benzene rings is 2. The molecule has 1 aliphatic rings. The van der Waals surface area contributed by atoms with Crippen LogP contribution in [0.2, 0.25) is 0 Å². The summed E-state index contributed by atoms with van der Waals surface area (Å²) in [5.74, 6) is -0.173. The molecule has 2 aromatic carbocycles. The first kappa shape index (κ1) is 19.8. The monoisotopic (exact) mass is 404 g/mol. The van der Waals surface area contributed by atoms with Gasteiger partial charge in [0.2, 0.25) is 5.91 Å². The van der Waals surface area contributed by atoms with Gasteiger partial charge in [0.15, 0.2) is 0 Å². The number of amides is 2. The quantitative estimate of drug-likeness (QED) is 0.709. The van der Waals surface area contributed by atoms with E-state index in [1.165, 1.54) is 10.9 Å². The highest BCUT2D eigenvalue weighted by atomic mass is 16.2. The van der Waals surface area contributed by atoms with Crippen molar-refractivity contribution in [1.29, 1.82) is 0 Å². The summed E-state index contributed by atoms with van der Waals surface area (Å²) in [5.41, 5.74) is 2.73. The summed E-state index contributed by atoms with van der Waals surface area (Å²) in [7, 11) is 0. The maximum absolute atomic E-state index is 12.6. The van der Waals surface area contributed by atoms with Gasteiger partial charge in [-0.3, -0.25) is 19.0 Å². The minimum Gasteiger partial charge on any atom is -0.339 e. The Balaban J connectivity index is 1.37. The summed E-state index contributed by atoms with van der Waals surface area (Å²) in [6.45, 7) is 3.77. The zero-order valence-corrected chi connectivity index (χ0v) is 16.9. The van der Waals surface area contributed by atoms with E-state index in [0.29, 0.717) is 22.2 Å². The standard InChI is InChI=1S/C23H24N4O3/c1-16-5-4-6-19-21(16)24-15-27(23(19)30)14-11-20(28)25-18-9-7-17(8-10-18)22(29)26-12-2-3-13-26/h4-10,15H,2-3,11-14H2,1H3,(H,25,28). The minimum absolute atomic E-state index is 0.0313. The lowest BCUT2D eigenvalue weighted by Crippen LogP contribution is -2.27. The number of likely N-dealkylation sites (tertiary alicyclic amines) is 1. The Morgan fingerprint density at radius 3 is 2.53 bits per heavy atom. The Morgan fingerprint density at radius 1 is 1.07 bits per heavy atom. The van der Waals surface area contributed by atoms with Crippen molar-refractivity contribution < 1.29 is 9.59 Å². The minimum atomic E-state index is -0.204. The molecular weight excluding hydrogens is 380 g/mol. The second-order valence-corrected chi connectivity index (χ2v) is 7.59. The van der Waals surface area contributed by atoms with Crippen molar-refractivity contribution in [2.75, 3.05) is 18.4 Å². The first-order valence-corrected chi connectivity index (χ1v) is 10.2. The molecule has 1 aromatic heterocycles. The van der Waals surface area contributed by atoms with Gasteiger partial charge in [-0.15, -0.1) is 0 Å². The summed E-state index contributed by atoms with van der Waals surface area (Å²) in [4.78, 5) is 43.5. The van der Waals surface area contributed by atoms with Crippen molar-refractivity contribution in [2.45, 2.75) is 32.7 Å². The molecular formula is C23H24N4O3. The van der Waals surface area contributed by atoms with Crippen molar-refractivity contribution >= 4 is 28.4 Å². The fourth-order valence-electron chi connectivity index (χ4n) is 3.74. The first-order chi connectivity index (χ1) is 14.5. The summed E-state index contributed by atoms with van der Waals surface area (Å²) < 4.78 is 1.46. The lowest BCUT2D eigenvalue weighted by Gasteiger charge is -2.15. The summed E-state index contributed by atoms with van der Waals surface area (Å²) in [6, 6.07) is 12.4. The average Bonchev–Trinajstić information content (AvgIpc) is 3.29. The highest BCUT2D eigenvalue weighted by molar-refractivity contribution is 5.96. The molecule has 3 aromatic rings. The van der Waals surface area contributed by atoms with Crippen LogP contribution in [0.25, 0.3) is 10.9 Å². The normalized spacial score (nSPS) is 13.6. The number of nitrogens with zero attached hydrogens (tertiary/aromatic N) is 3. The van der Waals surface area contributed by atoms with Gasteiger partial charge in [-0.25, -0.2) is 4.98 Å². The molecule has 7 nitrogen and oxygen atoms in total. The molecule has 4 rings (SSSR count). The molecule has 1 N–H and O–H groups in total. The number of anilines is 1. The molecule has 7 heteroatoms. The third-order valence-electron chi connectivity index (χ3n) is 5.44. The molecule has 1 aliphatic heterocycles. The second kappa shape index (κ2) is 8.49. The molecule has 2 heterocycles. The van der Waals surface area contributed by atoms with Gasteiger partial charge in [0, 0.05) is 37.3 Å². The fraction of sp³-hybridized carbons (Fsp3) is 0.304. The number of rotatable bonds is 5. The van der Waals surface area contributed by atoms with E-state index in [1.807, 2.05) is 24.0 Å². The van der Waals surface area contributed by atoms with Crippen LogP contribution in [-0.2, 0) is 11.3 Å². The lowest BCUT2D eigenvalue weighted by atomic mass is 10.1. The van der Waals surface area contributed by atoms with Crippen molar-refractivity contribution in [1.82, 2.24) is 14.5 Å². The van der Waals surface area contributed by atoms with E-state index in [4.69, 9.17) is 0 Å². The van der Waals surface area contributed by atoms with Crippen LogP contribution in [0.3, 0.4) is 0 Å². The number of aromatic nitrogens is 2. The number of aryl methyl sites for hydroxylation is 2. The van der Waals surface area contributed by atoms with Crippen LogP contribution in [0, 0.1) is 6.92 Å². The predicted molar refractivity (Wildman–Crippen MR) is 116 cm³/mol. The van der Waals surface area contributed by atoms with Crippen LogP contribution in [0.15, 0.2) is 53.6 Å². The van der Waals surface area contributed by atoms with Gasteiger partial charge >= 0.3 is 0 Å². The van der Waals surface area contributed by atoms with Crippen LogP contribution in [0.5, 0.6) is 0 Å². The number of nitrogens with one attached hydrogen (secondary N) is 1. The molecule has 0 atom stereocenters. The van der Waals surface area contributed by atoms with Gasteiger partial charge in [-0.2, -0.15) is 0 Å². The van der Waals surface area contributed by atoms with E-state index in [0.717, 1.165) is 31.5 Å². The van der Waals surface area contributed by atoms with Gasteiger partial charge in [0.1, 0.15) is 0 Å². The van der Waals surface area contributed by atoms with Crippen LogP contribution < -0.4 is 10.9 Å². The fourth-order valence-corrected chi connectivity index (χ4v) is 3.74. The van der Waals surface area contributed by atoms with Crippen LogP contribution in [0.4, 0.5) is 5.69 Å². The molecule has 1 saturated heterocycles. The van der Waals surface area contributed by atoms with Crippen molar-refractivity contribution in [3.63, 3.8) is 0 Å². The van der Waals surface area contributed by atoms with Crippen molar-refractivity contribution in [3.05, 3.63) is 70.3 Å². The largest absolute Gasteiger partial charge is 0.339 e. The third-order valence-corrected chi connectivity index (χ3v) is 5.44. The van der Waals surface area contributed by atoms with E-state index in [1.54, 1.807) is 30.3 Å². The predicted octanol–water partition coefficient (Wildman–Crippen LogP) is 2.97. The summed E-state index contributed by atoms with van der Waals surface area (Å²) >= 11 is 0. The Morgan fingerprint density at radius 2 is 1.80 bits per heavy atom. The highest BCUT2D eigenvalue weighted by Crippen LogP contribution is 2.16. The zero-order chi connectivity index (χ0) is 21.1. The number of fused-ring (bicyclic) bond motifs is 1. The van der Waals surface area contributed by atoms with Gasteiger partial charge in [0.25, 0.3) is 11.5 Å². The van der Waals surface area contributed by atoms with Gasteiger partial charge in [0.05, 0.1) is 17.2 Å². The number of hydrogen-bond acceptors (Lipinski definition) is 4. The molecule has 0 spiro atoms. The molecule has 30 heavy (non-hydrogen) atoms. The topological polar surface area (TPSA) is 84.3 Å². The molecule has 1 fully saturated rings. The number of para-hydroxylation sites is 1. The van der Waals surface area contributed by atoms with E-state index in [2.05, 4.69) is 10.3 Å². The second-order valence-electron chi connectivity index (χ2n) is 7.59. The highest BCUT2D eigenvalue weighted by Gasteiger charge is 2.19. The average molecular weight is 404 g/mol. The maximum Gasteiger partial charge on any atom is 0.261 e.